The Balaban J connectivity index is 0.997. The number of hydrogen-bond acceptors (Lipinski definition) is 10. The molecule has 3 aliphatic heterocycles. The Kier molecular flexibility index (Phi) is 9.52. The molecule has 3 aromatic carbocycles. The molecule has 3 heterocycles. The first-order valence-electron chi connectivity index (χ1n) is 17.6. The van der Waals surface area contributed by atoms with Crippen LogP contribution in [-0.2, 0) is 38.0 Å². The fraction of sp³-hybridized carbons (Fsp3) is 0.400. The van der Waals surface area contributed by atoms with Crippen molar-refractivity contribution in [2.45, 2.75) is 56.3 Å². The second kappa shape index (κ2) is 14.5. The van der Waals surface area contributed by atoms with E-state index >= 15 is 0 Å². The number of amides is 2. The number of carbonyl (C=O) groups excluding carboxylic acids is 4. The lowest BCUT2D eigenvalue weighted by Gasteiger charge is -2.48. The average molecular weight is 694 g/mol. The maximum atomic E-state index is 13.5. The SMILES string of the molecule is O=C(O[C@@H]1[C@@H](OC(=O)c2ccccc2)[C@H](OCCCCN2C(=O)[C@@H]3C4C=CC(C4)[C@@H]3C2=O)O[C@@H]2COC(c3ccccc3)O[C@@H]12)c1ccccc1. The lowest BCUT2D eigenvalue weighted by Crippen LogP contribution is -2.64. The highest BCUT2D eigenvalue weighted by atomic mass is 16.8. The predicted molar refractivity (Wildman–Crippen MR) is 180 cm³/mol. The van der Waals surface area contributed by atoms with E-state index in [1.807, 2.05) is 30.3 Å². The summed E-state index contributed by atoms with van der Waals surface area (Å²) in [6.45, 7) is 0.558. The van der Waals surface area contributed by atoms with Gasteiger partial charge in [0.1, 0.15) is 12.2 Å². The van der Waals surface area contributed by atoms with Gasteiger partial charge in [0.15, 0.2) is 24.8 Å². The summed E-state index contributed by atoms with van der Waals surface area (Å²) in [7, 11) is 0. The first-order valence-corrected chi connectivity index (χ1v) is 17.6. The van der Waals surface area contributed by atoms with E-state index in [0.29, 0.717) is 30.5 Å². The van der Waals surface area contributed by atoms with E-state index < -0.39 is 48.9 Å². The molecule has 3 aromatic rings. The van der Waals surface area contributed by atoms with Gasteiger partial charge < -0.3 is 28.4 Å². The Morgan fingerprint density at radius 3 is 1.88 bits per heavy atom. The third-order valence-electron chi connectivity index (χ3n) is 10.5. The summed E-state index contributed by atoms with van der Waals surface area (Å²) in [6, 6.07) is 26.4. The third kappa shape index (κ3) is 6.62. The highest BCUT2D eigenvalue weighted by molar-refractivity contribution is 6.06. The number of esters is 2. The van der Waals surface area contributed by atoms with E-state index in [2.05, 4.69) is 12.2 Å². The van der Waals surface area contributed by atoms with Gasteiger partial charge in [-0.05, 0) is 55.4 Å². The number of hydrogen-bond donors (Lipinski definition) is 0. The first-order chi connectivity index (χ1) is 25.0. The van der Waals surface area contributed by atoms with Crippen LogP contribution in [0.4, 0.5) is 0 Å². The first kappa shape index (κ1) is 33.5. The summed E-state index contributed by atoms with van der Waals surface area (Å²) < 4.78 is 37.3. The van der Waals surface area contributed by atoms with E-state index in [4.69, 9.17) is 28.4 Å². The largest absolute Gasteiger partial charge is 0.452 e. The lowest BCUT2D eigenvalue weighted by atomic mass is 9.85. The second-order valence-electron chi connectivity index (χ2n) is 13.6. The van der Waals surface area contributed by atoms with E-state index in [1.165, 1.54) is 4.90 Å². The molecule has 11 heteroatoms. The Hall–Kier alpha value is -4.68. The number of imide groups is 1. The van der Waals surface area contributed by atoms with Crippen LogP contribution in [-0.4, -0.2) is 79.1 Å². The molecular weight excluding hydrogens is 654 g/mol. The zero-order valence-electron chi connectivity index (χ0n) is 27.9. The van der Waals surface area contributed by atoms with E-state index in [9.17, 15) is 19.2 Å². The Morgan fingerprint density at radius 2 is 1.27 bits per heavy atom. The molecule has 5 aliphatic rings. The van der Waals surface area contributed by atoms with Gasteiger partial charge in [-0.1, -0.05) is 78.9 Å². The number of likely N-dealkylation sites (tertiary alicyclic amines) is 1. The van der Waals surface area contributed by atoms with Gasteiger partial charge in [-0.15, -0.1) is 0 Å². The van der Waals surface area contributed by atoms with Gasteiger partial charge in [-0.2, -0.15) is 0 Å². The number of benzene rings is 3. The Labute approximate surface area is 295 Å². The molecule has 0 N–H and O–H groups in total. The molecular formula is C40H39NO10. The number of fused-ring (bicyclic) bond motifs is 6. The summed E-state index contributed by atoms with van der Waals surface area (Å²) in [5.41, 5.74) is 1.38. The molecule has 8 rings (SSSR count). The summed E-state index contributed by atoms with van der Waals surface area (Å²) in [6.07, 6.45) is 0.183. The van der Waals surface area contributed by atoms with E-state index in [1.54, 1.807) is 60.7 Å². The molecule has 2 bridgehead atoms. The van der Waals surface area contributed by atoms with Gasteiger partial charge in [0.2, 0.25) is 11.8 Å². The van der Waals surface area contributed by atoms with Crippen molar-refractivity contribution in [2.24, 2.45) is 23.7 Å². The van der Waals surface area contributed by atoms with Gasteiger partial charge >= 0.3 is 11.9 Å². The van der Waals surface area contributed by atoms with Crippen molar-refractivity contribution >= 4 is 23.8 Å². The fourth-order valence-electron chi connectivity index (χ4n) is 8.01. The molecule has 3 saturated heterocycles. The molecule has 51 heavy (non-hydrogen) atoms. The molecule has 264 valence electrons. The van der Waals surface area contributed by atoms with Gasteiger partial charge in [-0.25, -0.2) is 9.59 Å². The molecule has 0 spiro atoms. The van der Waals surface area contributed by atoms with Gasteiger partial charge in [0.25, 0.3) is 0 Å². The smallest absolute Gasteiger partial charge is 0.338 e. The van der Waals surface area contributed by atoms with Crippen LogP contribution in [0.2, 0.25) is 0 Å². The van der Waals surface area contributed by atoms with Crippen LogP contribution in [0, 0.1) is 23.7 Å². The minimum absolute atomic E-state index is 0.0773. The quantitative estimate of drug-likeness (QED) is 0.119. The predicted octanol–water partition coefficient (Wildman–Crippen LogP) is 4.88. The van der Waals surface area contributed by atoms with Crippen LogP contribution in [0.1, 0.15) is 51.8 Å². The topological polar surface area (TPSA) is 127 Å². The number of nitrogens with zero attached hydrogens (tertiary/aromatic N) is 1. The van der Waals surface area contributed by atoms with Crippen molar-refractivity contribution in [1.82, 2.24) is 4.90 Å². The van der Waals surface area contributed by atoms with Crippen LogP contribution in [0.15, 0.2) is 103 Å². The molecule has 11 nitrogen and oxygen atoms in total. The molecule has 2 amide bonds. The van der Waals surface area contributed by atoms with Crippen LogP contribution in [0.5, 0.6) is 0 Å². The number of unbranched alkanes of at least 4 members (excludes halogenated alkanes) is 1. The van der Waals surface area contributed by atoms with Crippen molar-refractivity contribution in [3.05, 3.63) is 120 Å². The van der Waals surface area contributed by atoms with Gasteiger partial charge in [-0.3, -0.25) is 14.5 Å². The molecule has 10 atom stereocenters. The second-order valence-corrected chi connectivity index (χ2v) is 13.6. The van der Waals surface area contributed by atoms with Crippen LogP contribution < -0.4 is 0 Å². The van der Waals surface area contributed by atoms with Crippen LogP contribution in [0.25, 0.3) is 0 Å². The van der Waals surface area contributed by atoms with E-state index in [-0.39, 0.29) is 48.7 Å². The van der Waals surface area contributed by atoms with Crippen molar-refractivity contribution in [2.75, 3.05) is 19.8 Å². The number of rotatable bonds is 11. The zero-order chi connectivity index (χ0) is 34.9. The maximum Gasteiger partial charge on any atom is 0.338 e. The number of carbonyl (C=O) groups is 4. The highest BCUT2D eigenvalue weighted by Gasteiger charge is 2.59. The molecule has 0 aromatic heterocycles. The van der Waals surface area contributed by atoms with Crippen molar-refractivity contribution in [3.63, 3.8) is 0 Å². The molecule has 2 aliphatic carbocycles. The monoisotopic (exact) mass is 693 g/mol. The standard InChI is InChI=1S/C40H39NO10/c42-35-30-27-18-19-28(22-27)31(30)36(43)41(35)20-10-11-21-46-40-34(50-38(45)25-14-6-2-7-15-25)33(49-37(44)24-12-4-1-5-13-24)32-29(48-40)23-47-39(51-32)26-16-8-3-9-17-26/h1-9,12-19,27-34,39-40H,10-11,20-23H2/t27?,28?,29-,30-,31+,32-,33+,34-,39?,40-/m1/s1. The summed E-state index contributed by atoms with van der Waals surface area (Å²) in [4.78, 5) is 54.7. The lowest BCUT2D eigenvalue weighted by molar-refractivity contribution is -0.359. The number of ether oxygens (including phenoxy) is 6. The van der Waals surface area contributed by atoms with Crippen LogP contribution >= 0.6 is 0 Å². The minimum Gasteiger partial charge on any atom is -0.452 e. The van der Waals surface area contributed by atoms with Gasteiger partial charge in [0, 0.05) is 18.7 Å². The van der Waals surface area contributed by atoms with Crippen LogP contribution in [0.3, 0.4) is 0 Å². The van der Waals surface area contributed by atoms with E-state index in [0.717, 1.165) is 12.0 Å². The zero-order valence-corrected chi connectivity index (χ0v) is 27.9. The normalized spacial score (nSPS) is 32.0. The third-order valence-corrected chi connectivity index (χ3v) is 10.5. The summed E-state index contributed by atoms with van der Waals surface area (Å²) in [5.74, 6) is -1.57. The van der Waals surface area contributed by atoms with Crippen molar-refractivity contribution < 1.29 is 47.6 Å². The summed E-state index contributed by atoms with van der Waals surface area (Å²) in [5, 5.41) is 0. The highest BCUT2D eigenvalue weighted by Crippen LogP contribution is 2.52. The summed E-state index contributed by atoms with van der Waals surface area (Å²) >= 11 is 0. The number of allylic oxidation sites excluding steroid dienone is 2. The Morgan fingerprint density at radius 1 is 0.706 bits per heavy atom. The Bertz CT molecular complexity index is 1740. The maximum absolute atomic E-state index is 13.5. The van der Waals surface area contributed by atoms with Crippen molar-refractivity contribution in [3.8, 4) is 0 Å². The van der Waals surface area contributed by atoms with Gasteiger partial charge in [0.05, 0.1) is 29.6 Å². The molecule has 4 fully saturated rings. The minimum atomic E-state index is -1.22. The molecule has 0 radical (unpaired) electrons. The fourth-order valence-corrected chi connectivity index (χ4v) is 8.01. The average Bonchev–Trinajstić information content (AvgIpc) is 3.87. The van der Waals surface area contributed by atoms with Crippen molar-refractivity contribution in [1.29, 1.82) is 0 Å². The molecule has 1 saturated carbocycles. The molecule has 3 unspecified atom stereocenters.